The van der Waals surface area contributed by atoms with E-state index in [1.54, 1.807) is 34.3 Å². The van der Waals surface area contributed by atoms with Gasteiger partial charge in [0.15, 0.2) is 0 Å². The summed E-state index contributed by atoms with van der Waals surface area (Å²) in [5.41, 5.74) is 1.54. The van der Waals surface area contributed by atoms with Crippen LogP contribution in [0.3, 0.4) is 0 Å². The van der Waals surface area contributed by atoms with Crippen molar-refractivity contribution in [2.75, 3.05) is 25.4 Å². The monoisotopic (exact) mass is 325 g/mol. The molecule has 1 aromatic rings. The van der Waals surface area contributed by atoms with Crippen LogP contribution in [0.4, 0.5) is 0 Å². The second kappa shape index (κ2) is 6.84. The highest BCUT2D eigenvalue weighted by Gasteiger charge is 2.29. The van der Waals surface area contributed by atoms with E-state index in [4.69, 9.17) is 5.11 Å². The highest BCUT2D eigenvalue weighted by atomic mass is 32.2. The first kappa shape index (κ1) is 16.4. The number of rotatable bonds is 2. The topological polar surface area (TPSA) is 57.6 Å². The van der Waals surface area contributed by atoms with Gasteiger partial charge >= 0.3 is 0 Å². The minimum absolute atomic E-state index is 0.206. The maximum absolute atomic E-state index is 12.7. The van der Waals surface area contributed by atoms with Crippen LogP contribution in [0.5, 0.6) is 0 Å². The molecule has 1 unspecified atom stereocenters. The molecule has 1 atom stereocenters. The first-order valence-electron chi connectivity index (χ1n) is 6.77. The van der Waals surface area contributed by atoms with E-state index < -0.39 is 10.0 Å². The molecule has 1 aliphatic heterocycles. The average Bonchev–Trinajstić information content (AvgIpc) is 2.46. The molecule has 0 bridgehead atoms. The average molecular weight is 325 g/mol. The molecule has 0 spiro atoms. The van der Waals surface area contributed by atoms with Crippen LogP contribution < -0.4 is 0 Å². The standard InChI is InChI=1S/C15H19NO3S2/c1-12-10-15(6-5-14(12)4-3-8-17)21(18,19)16-7-9-20-13(2)11-16/h5-6,10,13,17H,7-9,11H2,1-2H3. The van der Waals surface area contributed by atoms with Crippen LogP contribution in [-0.2, 0) is 10.0 Å². The fourth-order valence-corrected chi connectivity index (χ4v) is 5.06. The van der Waals surface area contributed by atoms with Gasteiger partial charge in [0.1, 0.15) is 6.61 Å². The van der Waals surface area contributed by atoms with Crippen LogP contribution >= 0.6 is 11.8 Å². The Kier molecular flexibility index (Phi) is 5.33. The lowest BCUT2D eigenvalue weighted by Gasteiger charge is -2.29. The van der Waals surface area contributed by atoms with Crippen LogP contribution in [0.2, 0.25) is 0 Å². The number of nitrogens with zero attached hydrogens (tertiary/aromatic N) is 1. The number of thioether (sulfide) groups is 1. The van der Waals surface area contributed by atoms with Gasteiger partial charge in [-0.15, -0.1) is 0 Å². The van der Waals surface area contributed by atoms with Crippen molar-refractivity contribution in [2.24, 2.45) is 0 Å². The number of hydrogen-bond acceptors (Lipinski definition) is 4. The molecular formula is C15H19NO3S2. The molecule has 0 radical (unpaired) electrons. The van der Waals surface area contributed by atoms with Gasteiger partial charge in [0.05, 0.1) is 4.90 Å². The van der Waals surface area contributed by atoms with E-state index in [1.807, 2.05) is 13.8 Å². The number of aliphatic hydroxyl groups excluding tert-OH is 1. The maximum Gasteiger partial charge on any atom is 0.243 e. The first-order valence-corrected chi connectivity index (χ1v) is 9.26. The Labute approximate surface area is 130 Å². The van der Waals surface area contributed by atoms with Crippen molar-refractivity contribution in [1.29, 1.82) is 0 Å². The van der Waals surface area contributed by atoms with Gasteiger partial charge in [-0.3, -0.25) is 0 Å². The lowest BCUT2D eigenvalue weighted by atomic mass is 10.1. The molecule has 0 saturated carbocycles. The van der Waals surface area contributed by atoms with Crippen molar-refractivity contribution < 1.29 is 13.5 Å². The minimum atomic E-state index is -3.43. The van der Waals surface area contributed by atoms with Gasteiger partial charge in [0, 0.05) is 29.7 Å². The molecule has 1 aliphatic rings. The summed E-state index contributed by atoms with van der Waals surface area (Å²) in [4.78, 5) is 0.314. The molecule has 1 N–H and O–H groups in total. The summed E-state index contributed by atoms with van der Waals surface area (Å²) in [5, 5.41) is 9.04. The number of aryl methyl sites for hydroxylation is 1. The Morgan fingerprint density at radius 1 is 1.48 bits per heavy atom. The molecule has 114 valence electrons. The molecule has 1 fully saturated rings. The van der Waals surface area contributed by atoms with E-state index >= 15 is 0 Å². The van der Waals surface area contributed by atoms with E-state index in [-0.39, 0.29) is 6.61 Å². The summed E-state index contributed by atoms with van der Waals surface area (Å²) in [6.45, 7) is 4.78. The van der Waals surface area contributed by atoms with Crippen molar-refractivity contribution in [2.45, 2.75) is 24.0 Å². The fourth-order valence-electron chi connectivity index (χ4n) is 2.23. The Bertz CT molecular complexity index is 674. The fraction of sp³-hybridized carbons (Fsp3) is 0.467. The third kappa shape index (κ3) is 3.80. The number of sulfonamides is 1. The predicted molar refractivity (Wildman–Crippen MR) is 85.8 cm³/mol. The molecule has 0 aliphatic carbocycles. The van der Waals surface area contributed by atoms with Crippen LogP contribution in [-0.4, -0.2) is 48.5 Å². The summed E-state index contributed by atoms with van der Waals surface area (Å²) in [6.07, 6.45) is 0. The molecule has 21 heavy (non-hydrogen) atoms. The van der Waals surface area contributed by atoms with E-state index in [1.165, 1.54) is 0 Å². The maximum atomic E-state index is 12.7. The van der Waals surface area contributed by atoms with Gasteiger partial charge in [-0.25, -0.2) is 8.42 Å². The van der Waals surface area contributed by atoms with Crippen LogP contribution in [0, 0.1) is 18.8 Å². The second-order valence-corrected chi connectivity index (χ2v) is 8.47. The molecular weight excluding hydrogens is 306 g/mol. The highest BCUT2D eigenvalue weighted by molar-refractivity contribution is 8.00. The molecule has 1 saturated heterocycles. The Hall–Kier alpha value is -1.00. The van der Waals surface area contributed by atoms with Crippen molar-refractivity contribution in [3.8, 4) is 11.8 Å². The Morgan fingerprint density at radius 2 is 2.24 bits per heavy atom. The summed E-state index contributed by atoms with van der Waals surface area (Å²) in [5.74, 6) is 6.22. The van der Waals surface area contributed by atoms with E-state index in [0.29, 0.717) is 23.2 Å². The van der Waals surface area contributed by atoms with E-state index in [0.717, 1.165) is 16.9 Å². The van der Waals surface area contributed by atoms with Gasteiger partial charge in [-0.05, 0) is 30.7 Å². The smallest absolute Gasteiger partial charge is 0.243 e. The third-order valence-electron chi connectivity index (χ3n) is 3.34. The van der Waals surface area contributed by atoms with Crippen LogP contribution in [0.1, 0.15) is 18.1 Å². The summed E-state index contributed by atoms with van der Waals surface area (Å²) < 4.78 is 26.9. The predicted octanol–water partition coefficient (Wildman–Crippen LogP) is 1.46. The van der Waals surface area contributed by atoms with Crippen LogP contribution in [0.15, 0.2) is 23.1 Å². The van der Waals surface area contributed by atoms with Gasteiger partial charge in [-0.1, -0.05) is 18.8 Å². The van der Waals surface area contributed by atoms with Gasteiger partial charge in [0.2, 0.25) is 10.0 Å². The Balaban J connectivity index is 2.30. The lowest BCUT2D eigenvalue weighted by Crippen LogP contribution is -2.40. The van der Waals surface area contributed by atoms with Crippen molar-refractivity contribution in [3.63, 3.8) is 0 Å². The quantitative estimate of drug-likeness (QED) is 0.837. The van der Waals surface area contributed by atoms with Crippen molar-refractivity contribution in [3.05, 3.63) is 29.3 Å². The molecule has 0 aromatic heterocycles. The zero-order valence-corrected chi connectivity index (χ0v) is 13.8. The molecule has 1 aromatic carbocycles. The normalized spacial score (nSPS) is 19.9. The summed E-state index contributed by atoms with van der Waals surface area (Å²) >= 11 is 1.80. The van der Waals surface area contributed by atoms with Crippen molar-refractivity contribution >= 4 is 21.8 Å². The molecule has 1 heterocycles. The molecule has 0 amide bonds. The molecule has 4 nitrogen and oxygen atoms in total. The van der Waals surface area contributed by atoms with Gasteiger partial charge in [-0.2, -0.15) is 16.1 Å². The van der Waals surface area contributed by atoms with Gasteiger partial charge in [0.25, 0.3) is 0 Å². The second-order valence-electron chi connectivity index (χ2n) is 4.98. The number of aliphatic hydroxyl groups is 1. The van der Waals surface area contributed by atoms with Crippen molar-refractivity contribution in [1.82, 2.24) is 4.31 Å². The van der Waals surface area contributed by atoms with E-state index in [2.05, 4.69) is 11.8 Å². The largest absolute Gasteiger partial charge is 0.384 e. The molecule has 6 heteroatoms. The SMILES string of the molecule is Cc1cc(S(=O)(=O)N2CCSC(C)C2)ccc1C#CCO. The Morgan fingerprint density at radius 3 is 2.86 bits per heavy atom. The number of benzene rings is 1. The van der Waals surface area contributed by atoms with Gasteiger partial charge < -0.3 is 5.11 Å². The number of hydrogen-bond donors (Lipinski definition) is 1. The zero-order chi connectivity index (χ0) is 15.5. The zero-order valence-electron chi connectivity index (χ0n) is 12.2. The van der Waals surface area contributed by atoms with E-state index in [9.17, 15) is 8.42 Å². The third-order valence-corrected chi connectivity index (χ3v) is 6.34. The molecule has 2 rings (SSSR count). The minimum Gasteiger partial charge on any atom is -0.384 e. The lowest BCUT2D eigenvalue weighted by molar-refractivity contribution is 0.350. The van der Waals surface area contributed by atoms with Crippen LogP contribution in [0.25, 0.3) is 0 Å². The first-order chi connectivity index (χ1) is 9.95. The summed E-state index contributed by atoms with van der Waals surface area (Å²) in [6, 6.07) is 4.95. The summed E-state index contributed by atoms with van der Waals surface area (Å²) in [7, 11) is -3.43. The highest BCUT2D eigenvalue weighted by Crippen LogP contribution is 2.25.